The summed E-state index contributed by atoms with van der Waals surface area (Å²) in [6.45, 7) is 2.01. The number of non-ortho nitro benzene ring substituents is 1. The number of hydrogen-bond donors (Lipinski definition) is 1. The second-order valence-corrected chi connectivity index (χ2v) is 6.75. The summed E-state index contributed by atoms with van der Waals surface area (Å²) in [7, 11) is 0. The number of carbonyl (C=O) groups excluding carboxylic acids is 1. The zero-order chi connectivity index (χ0) is 22.2. The fourth-order valence-corrected chi connectivity index (χ4v) is 2.88. The molecular weight excluding hydrogens is 394 g/mol. The predicted molar refractivity (Wildman–Crippen MR) is 117 cm³/mol. The molecule has 1 amide bonds. The molecule has 0 saturated heterocycles. The Bertz CT molecular complexity index is 1200. The first-order chi connectivity index (χ1) is 15.0. The first-order valence-electron chi connectivity index (χ1n) is 9.41. The highest BCUT2D eigenvalue weighted by atomic mass is 16.6. The van der Waals surface area contributed by atoms with Gasteiger partial charge in [-0.3, -0.25) is 14.9 Å². The number of nitriles is 1. The molecule has 0 heterocycles. The number of nitro benzene ring substituents is 1. The molecule has 0 aliphatic carbocycles. The molecule has 3 rings (SSSR count). The van der Waals surface area contributed by atoms with Gasteiger partial charge in [0.05, 0.1) is 4.92 Å². The molecule has 1 N–H and O–H groups in total. The molecule has 0 spiro atoms. The summed E-state index contributed by atoms with van der Waals surface area (Å²) >= 11 is 0. The highest BCUT2D eigenvalue weighted by molar-refractivity contribution is 6.09. The van der Waals surface area contributed by atoms with E-state index in [9.17, 15) is 20.2 Å². The largest absolute Gasteiger partial charge is 0.488 e. The normalized spacial score (nSPS) is 10.8. The average Bonchev–Trinajstić information content (AvgIpc) is 2.76. The minimum atomic E-state index is -0.526. The van der Waals surface area contributed by atoms with Gasteiger partial charge >= 0.3 is 0 Å². The minimum Gasteiger partial charge on any atom is -0.488 e. The molecule has 154 valence electrons. The van der Waals surface area contributed by atoms with Crippen LogP contribution in [0.3, 0.4) is 0 Å². The van der Waals surface area contributed by atoms with Crippen molar-refractivity contribution in [2.45, 2.75) is 13.5 Å². The van der Waals surface area contributed by atoms with Gasteiger partial charge < -0.3 is 10.1 Å². The van der Waals surface area contributed by atoms with Gasteiger partial charge in [-0.25, -0.2) is 0 Å². The summed E-state index contributed by atoms with van der Waals surface area (Å²) in [6, 6.07) is 22.3. The van der Waals surface area contributed by atoms with E-state index in [1.807, 2.05) is 31.2 Å². The Labute approximate surface area is 179 Å². The monoisotopic (exact) mass is 413 g/mol. The molecule has 0 unspecified atom stereocenters. The lowest BCUT2D eigenvalue weighted by Gasteiger charge is -2.10. The van der Waals surface area contributed by atoms with Crippen LogP contribution >= 0.6 is 0 Å². The third-order valence-electron chi connectivity index (χ3n) is 4.38. The van der Waals surface area contributed by atoms with Crippen molar-refractivity contribution < 1.29 is 14.5 Å². The standard InChI is InChI=1S/C24H19N3O4/c1-17-6-4-9-21(12-17)26-24(28)20(15-25)14-19-8-2-3-11-23(19)31-16-18-7-5-10-22(13-18)27(29)30/h2-14H,16H2,1H3,(H,26,28)/b20-14+. The highest BCUT2D eigenvalue weighted by Gasteiger charge is 2.12. The summed E-state index contributed by atoms with van der Waals surface area (Å²) in [4.78, 5) is 23.0. The van der Waals surface area contributed by atoms with Gasteiger partial charge in [-0.1, -0.05) is 42.5 Å². The summed E-state index contributed by atoms with van der Waals surface area (Å²) < 4.78 is 5.81. The van der Waals surface area contributed by atoms with Crippen LogP contribution in [0.4, 0.5) is 11.4 Å². The maximum Gasteiger partial charge on any atom is 0.269 e. The van der Waals surface area contributed by atoms with E-state index in [-0.39, 0.29) is 17.9 Å². The fraction of sp³-hybridized carbons (Fsp3) is 0.0833. The van der Waals surface area contributed by atoms with Crippen LogP contribution in [-0.2, 0) is 11.4 Å². The Morgan fingerprint density at radius 1 is 1.13 bits per heavy atom. The summed E-state index contributed by atoms with van der Waals surface area (Å²) in [6.07, 6.45) is 1.45. The van der Waals surface area contributed by atoms with E-state index < -0.39 is 10.8 Å². The molecule has 0 aromatic heterocycles. The molecule has 0 aliphatic rings. The first-order valence-corrected chi connectivity index (χ1v) is 9.41. The van der Waals surface area contributed by atoms with Crippen molar-refractivity contribution in [3.63, 3.8) is 0 Å². The zero-order valence-corrected chi connectivity index (χ0v) is 16.7. The van der Waals surface area contributed by atoms with Gasteiger partial charge in [0.15, 0.2) is 0 Å². The van der Waals surface area contributed by atoms with Crippen LogP contribution in [0.5, 0.6) is 5.75 Å². The molecule has 7 heteroatoms. The SMILES string of the molecule is Cc1cccc(NC(=O)/C(C#N)=C/c2ccccc2OCc2cccc([N+](=O)[O-])c2)c1. The zero-order valence-electron chi connectivity index (χ0n) is 16.7. The first kappa shape index (κ1) is 21.3. The van der Waals surface area contributed by atoms with Crippen LogP contribution in [-0.4, -0.2) is 10.8 Å². The van der Waals surface area contributed by atoms with Crippen LogP contribution in [0, 0.1) is 28.4 Å². The number of rotatable bonds is 7. The van der Waals surface area contributed by atoms with E-state index in [0.29, 0.717) is 22.6 Å². The van der Waals surface area contributed by atoms with Gasteiger partial charge in [0.2, 0.25) is 0 Å². The topological polar surface area (TPSA) is 105 Å². The Morgan fingerprint density at radius 3 is 2.65 bits per heavy atom. The van der Waals surface area contributed by atoms with Crippen LogP contribution in [0.2, 0.25) is 0 Å². The molecule has 0 bridgehead atoms. The van der Waals surface area contributed by atoms with Gasteiger partial charge in [0.1, 0.15) is 24.0 Å². The molecule has 0 radical (unpaired) electrons. The number of nitrogens with zero attached hydrogens (tertiary/aromatic N) is 2. The number of nitrogens with one attached hydrogen (secondary N) is 1. The van der Waals surface area contributed by atoms with Crippen molar-refractivity contribution in [2.24, 2.45) is 0 Å². The minimum absolute atomic E-state index is 0.0196. The van der Waals surface area contributed by atoms with Gasteiger partial charge in [0.25, 0.3) is 11.6 Å². The van der Waals surface area contributed by atoms with E-state index in [2.05, 4.69) is 5.32 Å². The van der Waals surface area contributed by atoms with Gasteiger partial charge in [-0.2, -0.15) is 5.26 Å². The van der Waals surface area contributed by atoms with Crippen molar-refractivity contribution in [1.82, 2.24) is 0 Å². The molecule has 31 heavy (non-hydrogen) atoms. The van der Waals surface area contributed by atoms with Crippen LogP contribution in [0.15, 0.2) is 78.4 Å². The van der Waals surface area contributed by atoms with Crippen LogP contribution in [0.1, 0.15) is 16.7 Å². The molecule has 0 fully saturated rings. The summed E-state index contributed by atoms with van der Waals surface area (Å²) in [5, 5.41) is 23.1. The summed E-state index contributed by atoms with van der Waals surface area (Å²) in [5.74, 6) is -0.0771. The lowest BCUT2D eigenvalue weighted by atomic mass is 10.1. The van der Waals surface area contributed by atoms with Crippen molar-refractivity contribution >= 4 is 23.4 Å². The fourth-order valence-electron chi connectivity index (χ4n) is 2.88. The second kappa shape index (κ2) is 9.85. The van der Waals surface area contributed by atoms with E-state index in [4.69, 9.17) is 4.74 Å². The number of para-hydroxylation sites is 1. The number of amides is 1. The third-order valence-corrected chi connectivity index (χ3v) is 4.38. The Morgan fingerprint density at radius 2 is 1.90 bits per heavy atom. The number of benzene rings is 3. The molecule has 3 aromatic rings. The molecule has 7 nitrogen and oxygen atoms in total. The number of carbonyl (C=O) groups is 1. The Hall–Kier alpha value is -4.44. The maximum atomic E-state index is 12.5. The predicted octanol–water partition coefficient (Wildman–Crippen LogP) is 5.03. The second-order valence-electron chi connectivity index (χ2n) is 6.75. The van der Waals surface area contributed by atoms with Crippen LogP contribution in [0.25, 0.3) is 6.08 Å². The molecule has 0 saturated carbocycles. The maximum absolute atomic E-state index is 12.5. The Balaban J connectivity index is 1.78. The molecule has 3 aromatic carbocycles. The number of nitro groups is 1. The van der Waals surface area contributed by atoms with E-state index >= 15 is 0 Å². The Kier molecular flexibility index (Phi) is 6.76. The number of anilines is 1. The number of ether oxygens (including phenoxy) is 1. The van der Waals surface area contributed by atoms with E-state index in [0.717, 1.165) is 5.56 Å². The lowest BCUT2D eigenvalue weighted by Crippen LogP contribution is -2.13. The van der Waals surface area contributed by atoms with Crippen molar-refractivity contribution in [3.8, 4) is 11.8 Å². The number of hydrogen-bond acceptors (Lipinski definition) is 5. The van der Waals surface area contributed by atoms with Crippen molar-refractivity contribution in [3.05, 3.63) is 105 Å². The number of aryl methyl sites for hydroxylation is 1. The molecular formula is C24H19N3O4. The van der Waals surface area contributed by atoms with Crippen LogP contribution < -0.4 is 10.1 Å². The van der Waals surface area contributed by atoms with Gasteiger partial charge in [-0.05, 0) is 42.3 Å². The van der Waals surface area contributed by atoms with Gasteiger partial charge in [0, 0.05) is 23.4 Å². The molecule has 0 atom stereocenters. The van der Waals surface area contributed by atoms with Gasteiger partial charge in [-0.15, -0.1) is 0 Å². The van der Waals surface area contributed by atoms with E-state index in [1.54, 1.807) is 42.5 Å². The van der Waals surface area contributed by atoms with Crippen molar-refractivity contribution in [1.29, 1.82) is 5.26 Å². The molecule has 0 aliphatic heterocycles. The lowest BCUT2D eigenvalue weighted by molar-refractivity contribution is -0.384. The van der Waals surface area contributed by atoms with Crippen molar-refractivity contribution in [2.75, 3.05) is 5.32 Å². The van der Waals surface area contributed by atoms with E-state index in [1.165, 1.54) is 18.2 Å². The summed E-state index contributed by atoms with van der Waals surface area (Å²) in [5.41, 5.74) is 2.66. The smallest absolute Gasteiger partial charge is 0.269 e. The quantitative estimate of drug-likeness (QED) is 0.253. The average molecular weight is 413 g/mol. The highest BCUT2D eigenvalue weighted by Crippen LogP contribution is 2.23. The third kappa shape index (κ3) is 5.78.